The van der Waals surface area contributed by atoms with Crippen LogP contribution in [0.25, 0.3) is 21.8 Å². The standard InChI is InChI=1S/C21H18Br2N4O/c1-3-12(2)20-26-19-7-5-15(23)9-17(19)21(28)27(20)25-11-13-10-24-18-6-4-14(22)8-16(13)18/h4-12,24H,3H2,1-2H3/t12-/m0/s1. The molecule has 2 aromatic carbocycles. The SMILES string of the molecule is CC[C@H](C)c1nc2ccc(Br)cc2c(=O)n1N=Cc1c[nH]c2ccc(Br)cc12. The van der Waals surface area contributed by atoms with Crippen molar-refractivity contribution in [2.24, 2.45) is 5.10 Å². The van der Waals surface area contributed by atoms with Crippen LogP contribution in [0.1, 0.15) is 37.6 Å². The highest BCUT2D eigenvalue weighted by molar-refractivity contribution is 9.10. The highest BCUT2D eigenvalue weighted by Gasteiger charge is 2.15. The monoisotopic (exact) mass is 500 g/mol. The number of fused-ring (bicyclic) bond motifs is 2. The van der Waals surface area contributed by atoms with Gasteiger partial charge < -0.3 is 4.98 Å². The van der Waals surface area contributed by atoms with Gasteiger partial charge in [-0.3, -0.25) is 4.79 Å². The molecule has 0 aliphatic carbocycles. The van der Waals surface area contributed by atoms with E-state index >= 15 is 0 Å². The summed E-state index contributed by atoms with van der Waals surface area (Å²) in [6, 6.07) is 11.6. The van der Waals surface area contributed by atoms with Gasteiger partial charge in [0.25, 0.3) is 5.56 Å². The average molecular weight is 502 g/mol. The normalized spacial score (nSPS) is 13.0. The first-order valence-corrected chi connectivity index (χ1v) is 10.6. The fraction of sp³-hybridized carbons (Fsp3) is 0.190. The molecule has 4 aromatic rings. The number of H-pyrrole nitrogens is 1. The van der Waals surface area contributed by atoms with E-state index in [1.54, 1.807) is 12.3 Å². The molecule has 0 aliphatic rings. The molecule has 0 amide bonds. The van der Waals surface area contributed by atoms with E-state index in [9.17, 15) is 4.79 Å². The van der Waals surface area contributed by atoms with E-state index in [1.165, 1.54) is 4.68 Å². The summed E-state index contributed by atoms with van der Waals surface area (Å²) in [6.07, 6.45) is 4.47. The molecule has 1 atom stereocenters. The number of rotatable bonds is 4. The van der Waals surface area contributed by atoms with E-state index in [4.69, 9.17) is 4.98 Å². The summed E-state index contributed by atoms with van der Waals surface area (Å²) in [5, 5.41) is 6.12. The van der Waals surface area contributed by atoms with Crippen molar-refractivity contribution in [1.29, 1.82) is 0 Å². The van der Waals surface area contributed by atoms with E-state index in [0.717, 1.165) is 31.8 Å². The number of nitrogens with one attached hydrogen (secondary N) is 1. The van der Waals surface area contributed by atoms with Gasteiger partial charge in [-0.05, 0) is 42.8 Å². The smallest absolute Gasteiger partial charge is 0.282 e. The first-order valence-electron chi connectivity index (χ1n) is 9.01. The Bertz CT molecular complexity index is 1270. The van der Waals surface area contributed by atoms with Crippen molar-refractivity contribution in [2.75, 3.05) is 0 Å². The summed E-state index contributed by atoms with van der Waals surface area (Å²) >= 11 is 6.94. The Balaban J connectivity index is 1.90. The third-order valence-corrected chi connectivity index (χ3v) is 5.86. The third-order valence-electron chi connectivity index (χ3n) is 4.87. The maximum absolute atomic E-state index is 13.2. The topological polar surface area (TPSA) is 63.0 Å². The summed E-state index contributed by atoms with van der Waals surface area (Å²) in [5.74, 6) is 0.773. The molecule has 4 rings (SSSR count). The number of halogens is 2. The zero-order chi connectivity index (χ0) is 19.8. The van der Waals surface area contributed by atoms with Gasteiger partial charge >= 0.3 is 0 Å². The van der Waals surface area contributed by atoms with E-state index in [1.807, 2.05) is 36.5 Å². The van der Waals surface area contributed by atoms with Crippen molar-refractivity contribution in [3.05, 3.63) is 73.3 Å². The lowest BCUT2D eigenvalue weighted by molar-refractivity contribution is 0.613. The fourth-order valence-corrected chi connectivity index (χ4v) is 3.84. The van der Waals surface area contributed by atoms with Crippen molar-refractivity contribution < 1.29 is 0 Å². The Kier molecular flexibility index (Phi) is 5.21. The zero-order valence-corrected chi connectivity index (χ0v) is 18.6. The van der Waals surface area contributed by atoms with Crippen LogP contribution in [0.5, 0.6) is 0 Å². The molecule has 0 saturated carbocycles. The van der Waals surface area contributed by atoms with Gasteiger partial charge in [-0.25, -0.2) is 4.98 Å². The minimum Gasteiger partial charge on any atom is -0.361 e. The van der Waals surface area contributed by atoms with E-state index < -0.39 is 0 Å². The first kappa shape index (κ1) is 19.1. The molecule has 0 spiro atoms. The fourth-order valence-electron chi connectivity index (χ4n) is 3.12. The summed E-state index contributed by atoms with van der Waals surface area (Å²) in [4.78, 5) is 21.1. The van der Waals surface area contributed by atoms with Crippen molar-refractivity contribution in [3.63, 3.8) is 0 Å². The van der Waals surface area contributed by atoms with Crippen LogP contribution in [0.2, 0.25) is 0 Å². The predicted octanol–water partition coefficient (Wildman–Crippen LogP) is 5.80. The van der Waals surface area contributed by atoms with Gasteiger partial charge in [0, 0.05) is 37.5 Å². The lowest BCUT2D eigenvalue weighted by Gasteiger charge is -2.13. The van der Waals surface area contributed by atoms with Crippen LogP contribution in [0.3, 0.4) is 0 Å². The van der Waals surface area contributed by atoms with E-state index in [0.29, 0.717) is 16.7 Å². The van der Waals surface area contributed by atoms with E-state index in [2.05, 4.69) is 55.8 Å². The first-order chi connectivity index (χ1) is 13.5. The molecular formula is C21H18Br2N4O. The van der Waals surface area contributed by atoms with Crippen molar-refractivity contribution >= 4 is 59.9 Å². The van der Waals surface area contributed by atoms with Crippen molar-refractivity contribution in [2.45, 2.75) is 26.2 Å². The molecule has 0 saturated heterocycles. The van der Waals surface area contributed by atoms with Crippen molar-refractivity contribution in [3.8, 4) is 0 Å². The number of hydrogen-bond donors (Lipinski definition) is 1. The molecule has 7 heteroatoms. The maximum Gasteiger partial charge on any atom is 0.282 e. The molecule has 142 valence electrons. The van der Waals surface area contributed by atoms with Gasteiger partial charge in [0.2, 0.25) is 0 Å². The minimum absolute atomic E-state index is 0.106. The van der Waals surface area contributed by atoms with Gasteiger partial charge in [-0.15, -0.1) is 0 Å². The second-order valence-corrected chi connectivity index (χ2v) is 8.57. The number of nitrogens with zero attached hydrogens (tertiary/aromatic N) is 3. The van der Waals surface area contributed by atoms with Gasteiger partial charge in [-0.2, -0.15) is 9.78 Å². The summed E-state index contributed by atoms with van der Waals surface area (Å²) < 4.78 is 3.26. The van der Waals surface area contributed by atoms with Gasteiger partial charge in [-0.1, -0.05) is 45.7 Å². The largest absolute Gasteiger partial charge is 0.361 e. The summed E-state index contributed by atoms with van der Waals surface area (Å²) in [5.41, 5.74) is 2.44. The van der Waals surface area contributed by atoms with Crippen LogP contribution < -0.4 is 5.56 Å². The molecular weight excluding hydrogens is 484 g/mol. The number of aromatic amines is 1. The summed E-state index contributed by atoms with van der Waals surface area (Å²) in [7, 11) is 0. The lowest BCUT2D eigenvalue weighted by Crippen LogP contribution is -2.23. The zero-order valence-electron chi connectivity index (χ0n) is 15.4. The highest BCUT2D eigenvalue weighted by atomic mass is 79.9. The van der Waals surface area contributed by atoms with Crippen LogP contribution >= 0.6 is 31.9 Å². The molecule has 5 nitrogen and oxygen atoms in total. The Hall–Kier alpha value is -2.25. The lowest BCUT2D eigenvalue weighted by atomic mass is 10.1. The number of benzene rings is 2. The molecule has 2 heterocycles. The Labute approximate surface area is 178 Å². The van der Waals surface area contributed by atoms with Gasteiger partial charge in [0.15, 0.2) is 0 Å². The predicted molar refractivity (Wildman–Crippen MR) is 121 cm³/mol. The molecule has 0 aliphatic heterocycles. The molecule has 0 radical (unpaired) electrons. The molecule has 2 aromatic heterocycles. The highest BCUT2D eigenvalue weighted by Crippen LogP contribution is 2.23. The van der Waals surface area contributed by atoms with Gasteiger partial charge in [0.05, 0.1) is 17.1 Å². The van der Waals surface area contributed by atoms with E-state index in [-0.39, 0.29) is 11.5 Å². The Morgan fingerprint density at radius 3 is 2.64 bits per heavy atom. The molecule has 0 unspecified atom stereocenters. The molecule has 1 N–H and O–H groups in total. The van der Waals surface area contributed by atoms with Crippen LogP contribution in [0.4, 0.5) is 0 Å². The Morgan fingerprint density at radius 2 is 1.89 bits per heavy atom. The average Bonchev–Trinajstić information content (AvgIpc) is 3.09. The van der Waals surface area contributed by atoms with Gasteiger partial charge in [0.1, 0.15) is 5.82 Å². The van der Waals surface area contributed by atoms with Crippen LogP contribution in [-0.2, 0) is 0 Å². The summed E-state index contributed by atoms with van der Waals surface area (Å²) in [6.45, 7) is 4.13. The second kappa shape index (κ2) is 7.64. The third kappa shape index (κ3) is 3.44. The van der Waals surface area contributed by atoms with Crippen LogP contribution in [-0.4, -0.2) is 20.9 Å². The van der Waals surface area contributed by atoms with Crippen LogP contribution in [0, 0.1) is 0 Å². The second-order valence-electron chi connectivity index (χ2n) is 6.74. The maximum atomic E-state index is 13.2. The molecule has 0 bridgehead atoms. The Morgan fingerprint density at radius 1 is 1.18 bits per heavy atom. The molecule has 0 fully saturated rings. The number of aromatic nitrogens is 3. The van der Waals surface area contributed by atoms with Crippen LogP contribution in [0.15, 0.2) is 61.4 Å². The number of hydrogen-bond acceptors (Lipinski definition) is 3. The molecule has 28 heavy (non-hydrogen) atoms. The quantitative estimate of drug-likeness (QED) is 0.359. The van der Waals surface area contributed by atoms with Crippen molar-refractivity contribution in [1.82, 2.24) is 14.6 Å². The minimum atomic E-state index is -0.168.